The molecule has 0 saturated carbocycles. The van der Waals surface area contributed by atoms with Crippen LogP contribution in [0, 0.1) is 5.95 Å². The van der Waals surface area contributed by atoms with Crippen molar-refractivity contribution in [1.29, 1.82) is 0 Å². The van der Waals surface area contributed by atoms with Crippen LogP contribution in [0.3, 0.4) is 0 Å². The Bertz CT molecular complexity index is 1420. The number of carbonyl (C=O) groups excluding carboxylic acids is 1. The molecule has 2 aliphatic heterocycles. The Morgan fingerprint density at radius 2 is 2.12 bits per heavy atom. The number of ether oxygens (including phenoxy) is 2. The van der Waals surface area contributed by atoms with Gasteiger partial charge in [-0.2, -0.15) is 14.4 Å². The summed E-state index contributed by atoms with van der Waals surface area (Å²) in [5.41, 5.74) is 1.58. The fraction of sp³-hybridized carbons (Fsp3) is 0.304. The number of anilines is 3. The molecular formula is C23H21FN6O3S. The number of benzene rings is 1. The maximum atomic E-state index is 14.1. The number of carbonyl (C=O) groups is 1. The predicted molar refractivity (Wildman–Crippen MR) is 128 cm³/mol. The predicted octanol–water partition coefficient (Wildman–Crippen LogP) is 3.83. The third-order valence-electron chi connectivity index (χ3n) is 5.78. The van der Waals surface area contributed by atoms with Crippen LogP contribution in [-0.4, -0.2) is 52.8 Å². The van der Waals surface area contributed by atoms with Gasteiger partial charge in [0.1, 0.15) is 22.6 Å². The molecule has 0 spiro atoms. The zero-order valence-corrected chi connectivity index (χ0v) is 19.0. The number of hydrogen-bond acceptors (Lipinski definition) is 9. The number of nitrogens with zero attached hydrogens (tertiary/aromatic N) is 3. The lowest BCUT2D eigenvalue weighted by atomic mass is 10.1. The molecule has 1 saturated heterocycles. The first kappa shape index (κ1) is 21.0. The van der Waals surface area contributed by atoms with Crippen LogP contribution in [-0.2, 0) is 4.74 Å². The van der Waals surface area contributed by atoms with Gasteiger partial charge >= 0.3 is 6.01 Å². The molecule has 2 atom stereocenters. The van der Waals surface area contributed by atoms with Crippen molar-refractivity contribution in [1.82, 2.24) is 20.3 Å². The van der Waals surface area contributed by atoms with Crippen LogP contribution >= 0.6 is 11.3 Å². The molecule has 34 heavy (non-hydrogen) atoms. The molecule has 11 heteroatoms. The Kier molecular flexibility index (Phi) is 5.15. The molecule has 0 radical (unpaired) electrons. The first-order chi connectivity index (χ1) is 16.5. The minimum Gasteiger partial charge on any atom is -0.457 e. The van der Waals surface area contributed by atoms with E-state index in [1.807, 2.05) is 25.1 Å². The smallest absolute Gasteiger partial charge is 0.321 e. The molecule has 2 aliphatic rings. The van der Waals surface area contributed by atoms with E-state index in [2.05, 4.69) is 25.9 Å². The van der Waals surface area contributed by atoms with Crippen molar-refractivity contribution in [3.8, 4) is 6.01 Å². The zero-order valence-electron chi connectivity index (χ0n) is 18.2. The lowest BCUT2D eigenvalue weighted by Crippen LogP contribution is -2.34. The van der Waals surface area contributed by atoms with E-state index >= 15 is 0 Å². The van der Waals surface area contributed by atoms with Gasteiger partial charge in [0, 0.05) is 40.5 Å². The van der Waals surface area contributed by atoms with Gasteiger partial charge < -0.3 is 25.4 Å². The van der Waals surface area contributed by atoms with Crippen LogP contribution < -0.4 is 20.7 Å². The number of halogens is 1. The van der Waals surface area contributed by atoms with Crippen molar-refractivity contribution < 1.29 is 18.7 Å². The van der Waals surface area contributed by atoms with Gasteiger partial charge in [0.15, 0.2) is 0 Å². The molecular weight excluding hydrogens is 459 g/mol. The second-order valence-corrected chi connectivity index (χ2v) is 9.40. The molecule has 3 aromatic heterocycles. The van der Waals surface area contributed by atoms with Gasteiger partial charge in [-0.25, -0.2) is 4.98 Å². The molecule has 1 amide bonds. The Hall–Kier alpha value is -3.57. The third kappa shape index (κ3) is 3.86. The Balaban J connectivity index is 1.33. The summed E-state index contributed by atoms with van der Waals surface area (Å²) in [4.78, 5) is 26.0. The molecule has 4 aromatic rings. The Morgan fingerprint density at radius 3 is 2.97 bits per heavy atom. The molecule has 0 aliphatic carbocycles. The number of rotatable bonds is 4. The molecule has 1 aromatic carbocycles. The van der Waals surface area contributed by atoms with Crippen LogP contribution in [0.4, 0.5) is 21.7 Å². The largest absolute Gasteiger partial charge is 0.457 e. The first-order valence-electron chi connectivity index (χ1n) is 11.0. The van der Waals surface area contributed by atoms with Gasteiger partial charge in [0.05, 0.1) is 24.4 Å². The summed E-state index contributed by atoms with van der Waals surface area (Å²) >= 11 is 1.46. The molecule has 6 rings (SSSR count). The lowest BCUT2D eigenvalue weighted by molar-refractivity contribution is 0.0949. The van der Waals surface area contributed by atoms with Crippen molar-refractivity contribution in [3.63, 3.8) is 0 Å². The van der Waals surface area contributed by atoms with E-state index in [1.54, 1.807) is 6.07 Å². The summed E-state index contributed by atoms with van der Waals surface area (Å²) in [5, 5.41) is 11.4. The summed E-state index contributed by atoms with van der Waals surface area (Å²) in [6, 6.07) is 8.81. The van der Waals surface area contributed by atoms with E-state index < -0.39 is 5.95 Å². The summed E-state index contributed by atoms with van der Waals surface area (Å²) < 4.78 is 26.0. The monoisotopic (exact) mass is 480 g/mol. The molecule has 9 nitrogen and oxygen atoms in total. The van der Waals surface area contributed by atoms with Gasteiger partial charge in [0.25, 0.3) is 5.91 Å². The number of fused-ring (bicyclic) bond motifs is 5. The van der Waals surface area contributed by atoms with Crippen LogP contribution in [0.2, 0.25) is 0 Å². The highest BCUT2D eigenvalue weighted by Gasteiger charge is 2.25. The lowest BCUT2D eigenvalue weighted by Gasteiger charge is -2.12. The van der Waals surface area contributed by atoms with Crippen LogP contribution in [0.5, 0.6) is 6.01 Å². The summed E-state index contributed by atoms with van der Waals surface area (Å²) in [6.45, 7) is 3.65. The van der Waals surface area contributed by atoms with E-state index in [-0.39, 0.29) is 29.9 Å². The molecule has 1 fully saturated rings. The summed E-state index contributed by atoms with van der Waals surface area (Å²) in [7, 11) is 0. The van der Waals surface area contributed by atoms with Crippen molar-refractivity contribution in [2.75, 3.05) is 30.4 Å². The van der Waals surface area contributed by atoms with Gasteiger partial charge in [-0.15, -0.1) is 11.3 Å². The average molecular weight is 481 g/mol. The number of aromatic nitrogens is 3. The van der Waals surface area contributed by atoms with E-state index in [4.69, 9.17) is 14.5 Å². The highest BCUT2D eigenvalue weighted by atomic mass is 32.1. The minimum absolute atomic E-state index is 0.0365. The average Bonchev–Trinajstić information content (AvgIpc) is 3.42. The van der Waals surface area contributed by atoms with Crippen LogP contribution in [0.15, 0.2) is 30.3 Å². The normalized spacial score (nSPS) is 20.0. The number of nitrogens with one attached hydrogen (secondary N) is 3. The highest BCUT2D eigenvalue weighted by molar-refractivity contribution is 7.21. The minimum atomic E-state index is -0.701. The Morgan fingerprint density at radius 1 is 1.21 bits per heavy atom. The number of pyridine rings is 1. The van der Waals surface area contributed by atoms with Gasteiger partial charge in [-0.1, -0.05) is 0 Å². The molecule has 174 valence electrons. The molecule has 3 N–H and O–H groups in total. The standard InChI is InChI=1S/C23H21FN6O3S/c1-11-9-25-20-19-13-2-5-17(27-14(13)3-4-15(19)34-21(20)22(31)26-11)29-18-8-16(24)28-23(30-18)33-12-6-7-32-10-12/h2-5,8,11-12,25H,6-7,9-10H2,1H3,(H,26,31)(H,27,28,29,30)/t11-,12+/m0/s1. The second-order valence-electron chi connectivity index (χ2n) is 8.35. The van der Waals surface area contributed by atoms with Crippen molar-refractivity contribution in [3.05, 3.63) is 41.2 Å². The molecule has 0 unspecified atom stereocenters. The van der Waals surface area contributed by atoms with Crippen molar-refractivity contribution in [2.24, 2.45) is 0 Å². The topological polar surface area (TPSA) is 110 Å². The maximum absolute atomic E-state index is 14.1. The quantitative estimate of drug-likeness (QED) is 0.378. The number of amides is 1. The van der Waals surface area contributed by atoms with Crippen LogP contribution in [0.25, 0.3) is 21.0 Å². The third-order valence-corrected chi connectivity index (χ3v) is 6.94. The zero-order chi connectivity index (χ0) is 23.2. The van der Waals surface area contributed by atoms with Crippen molar-refractivity contribution in [2.45, 2.75) is 25.5 Å². The number of thiophene rings is 1. The van der Waals surface area contributed by atoms with E-state index in [9.17, 15) is 9.18 Å². The highest BCUT2D eigenvalue weighted by Crippen LogP contribution is 2.41. The fourth-order valence-corrected chi connectivity index (χ4v) is 5.29. The van der Waals surface area contributed by atoms with Crippen LogP contribution in [0.1, 0.15) is 23.0 Å². The Labute approximate surface area is 197 Å². The second kappa shape index (κ2) is 8.33. The van der Waals surface area contributed by atoms with Crippen molar-refractivity contribution >= 4 is 55.6 Å². The van der Waals surface area contributed by atoms with E-state index in [0.717, 1.165) is 26.7 Å². The maximum Gasteiger partial charge on any atom is 0.321 e. The van der Waals surface area contributed by atoms with Gasteiger partial charge in [0.2, 0.25) is 5.95 Å². The SMILES string of the molecule is C[C@H]1CNc2c(sc3ccc4nc(Nc5cc(F)nc(O[C@@H]6CCOC6)n5)ccc4c23)C(=O)N1. The van der Waals surface area contributed by atoms with Gasteiger partial charge in [-0.05, 0) is 31.2 Å². The summed E-state index contributed by atoms with van der Waals surface area (Å²) in [5.74, 6) is -0.0265. The molecule has 5 heterocycles. The van der Waals surface area contributed by atoms with E-state index in [0.29, 0.717) is 36.9 Å². The number of hydrogen-bond donors (Lipinski definition) is 3. The molecule has 0 bridgehead atoms. The summed E-state index contributed by atoms with van der Waals surface area (Å²) in [6.07, 6.45) is 0.528. The van der Waals surface area contributed by atoms with Gasteiger partial charge in [-0.3, -0.25) is 4.79 Å². The first-order valence-corrected chi connectivity index (χ1v) is 11.8. The fourth-order valence-electron chi connectivity index (χ4n) is 4.19. The van der Waals surface area contributed by atoms with E-state index in [1.165, 1.54) is 17.4 Å².